The molecule has 0 aliphatic rings. The molecule has 1 N–H and O–H groups in total. The summed E-state index contributed by atoms with van der Waals surface area (Å²) in [5, 5.41) is 2.76. The Kier molecular flexibility index (Phi) is 6.53. The standard InChI is InChI=1S/C24H21NO4/c1-2-21(22(26)17-10-5-3-6-11-17)29-24(28)19-14-9-15-20(16-19)25-23(27)18-12-7-4-8-13-18/h3-16,21H,2H2,1H3,(H,25,27)/t21-/m0/s1. The highest BCUT2D eigenvalue weighted by Gasteiger charge is 2.23. The van der Waals surface area contributed by atoms with Gasteiger partial charge in [-0.1, -0.05) is 61.5 Å². The van der Waals surface area contributed by atoms with Gasteiger partial charge in [0.1, 0.15) is 0 Å². The second-order valence-corrected chi connectivity index (χ2v) is 6.43. The summed E-state index contributed by atoms with van der Waals surface area (Å²) in [6.07, 6.45) is -0.503. The summed E-state index contributed by atoms with van der Waals surface area (Å²) < 4.78 is 5.45. The number of hydrogen-bond acceptors (Lipinski definition) is 4. The monoisotopic (exact) mass is 387 g/mol. The summed E-state index contributed by atoms with van der Waals surface area (Å²) in [6.45, 7) is 1.79. The van der Waals surface area contributed by atoms with E-state index in [-0.39, 0.29) is 17.3 Å². The molecule has 0 saturated heterocycles. The Balaban J connectivity index is 1.70. The first kappa shape index (κ1) is 20.0. The summed E-state index contributed by atoms with van der Waals surface area (Å²) in [6, 6.07) is 24.0. The lowest BCUT2D eigenvalue weighted by Gasteiger charge is -2.15. The molecule has 0 aliphatic heterocycles. The van der Waals surface area contributed by atoms with Gasteiger partial charge in [0.25, 0.3) is 5.91 Å². The molecule has 1 atom stereocenters. The number of amides is 1. The van der Waals surface area contributed by atoms with E-state index in [1.165, 1.54) is 6.07 Å². The first-order valence-corrected chi connectivity index (χ1v) is 9.35. The number of ketones is 1. The molecule has 0 aliphatic carbocycles. The third-order valence-electron chi connectivity index (χ3n) is 4.36. The molecule has 3 aromatic rings. The molecule has 3 aromatic carbocycles. The van der Waals surface area contributed by atoms with Crippen LogP contribution in [-0.4, -0.2) is 23.8 Å². The number of carbonyl (C=O) groups excluding carboxylic acids is 3. The van der Waals surface area contributed by atoms with Crippen molar-refractivity contribution in [2.45, 2.75) is 19.4 Å². The number of nitrogens with one attached hydrogen (secondary N) is 1. The summed E-state index contributed by atoms with van der Waals surface area (Å²) >= 11 is 0. The second kappa shape index (κ2) is 9.46. The normalized spacial score (nSPS) is 11.3. The van der Waals surface area contributed by atoms with Gasteiger partial charge in [0.05, 0.1) is 5.56 Å². The van der Waals surface area contributed by atoms with Crippen LogP contribution in [0.1, 0.15) is 44.4 Å². The van der Waals surface area contributed by atoms with Crippen LogP contribution in [0.3, 0.4) is 0 Å². The molecule has 0 spiro atoms. The summed E-state index contributed by atoms with van der Waals surface area (Å²) in [5.41, 5.74) is 1.74. The molecule has 0 bridgehead atoms. The number of benzene rings is 3. The molecular weight excluding hydrogens is 366 g/mol. The highest BCUT2D eigenvalue weighted by Crippen LogP contribution is 2.16. The Bertz CT molecular complexity index is 1000. The first-order chi connectivity index (χ1) is 14.1. The zero-order valence-corrected chi connectivity index (χ0v) is 16.0. The zero-order valence-electron chi connectivity index (χ0n) is 16.0. The van der Waals surface area contributed by atoms with E-state index in [0.717, 1.165) is 0 Å². The second-order valence-electron chi connectivity index (χ2n) is 6.43. The molecule has 0 saturated carbocycles. The fourth-order valence-corrected chi connectivity index (χ4v) is 2.82. The summed E-state index contributed by atoms with van der Waals surface area (Å²) in [5.74, 6) is -1.13. The Morgan fingerprint density at radius 3 is 2.00 bits per heavy atom. The molecule has 0 radical (unpaired) electrons. The van der Waals surface area contributed by atoms with Crippen molar-refractivity contribution in [1.82, 2.24) is 0 Å². The molecule has 5 heteroatoms. The summed E-state index contributed by atoms with van der Waals surface area (Å²) in [4.78, 5) is 37.4. The number of Topliss-reactive ketones (excluding diaryl/α,β-unsaturated/α-hetero) is 1. The minimum Gasteiger partial charge on any atom is -0.450 e. The van der Waals surface area contributed by atoms with Crippen molar-refractivity contribution >= 4 is 23.3 Å². The number of carbonyl (C=O) groups is 3. The molecule has 146 valence electrons. The van der Waals surface area contributed by atoms with Crippen LogP contribution in [0.25, 0.3) is 0 Å². The van der Waals surface area contributed by atoms with Gasteiger partial charge >= 0.3 is 5.97 Å². The van der Waals surface area contributed by atoms with Crippen LogP contribution in [0.5, 0.6) is 0 Å². The van der Waals surface area contributed by atoms with Gasteiger partial charge in [-0.15, -0.1) is 0 Å². The number of rotatable bonds is 7. The molecule has 3 rings (SSSR count). The lowest BCUT2D eigenvalue weighted by atomic mass is 10.0. The molecule has 0 aromatic heterocycles. The van der Waals surface area contributed by atoms with Gasteiger partial charge in [-0.2, -0.15) is 0 Å². The smallest absolute Gasteiger partial charge is 0.338 e. The van der Waals surface area contributed by atoms with Crippen LogP contribution in [-0.2, 0) is 4.74 Å². The van der Waals surface area contributed by atoms with Crippen molar-refractivity contribution in [3.63, 3.8) is 0 Å². The Morgan fingerprint density at radius 1 is 0.793 bits per heavy atom. The van der Waals surface area contributed by atoms with E-state index in [2.05, 4.69) is 5.32 Å². The quantitative estimate of drug-likeness (QED) is 0.469. The van der Waals surface area contributed by atoms with Crippen molar-refractivity contribution in [2.75, 3.05) is 5.32 Å². The van der Waals surface area contributed by atoms with E-state index in [9.17, 15) is 14.4 Å². The van der Waals surface area contributed by atoms with E-state index in [0.29, 0.717) is 23.2 Å². The minimum atomic E-state index is -0.868. The number of ether oxygens (including phenoxy) is 1. The highest BCUT2D eigenvalue weighted by molar-refractivity contribution is 6.05. The Morgan fingerprint density at radius 2 is 1.38 bits per heavy atom. The van der Waals surface area contributed by atoms with Crippen LogP contribution in [0.15, 0.2) is 84.9 Å². The molecule has 29 heavy (non-hydrogen) atoms. The van der Waals surface area contributed by atoms with E-state index >= 15 is 0 Å². The maximum Gasteiger partial charge on any atom is 0.338 e. The van der Waals surface area contributed by atoms with Crippen molar-refractivity contribution in [3.8, 4) is 0 Å². The van der Waals surface area contributed by atoms with Gasteiger partial charge < -0.3 is 10.1 Å². The van der Waals surface area contributed by atoms with Crippen LogP contribution >= 0.6 is 0 Å². The third kappa shape index (κ3) is 5.17. The van der Waals surface area contributed by atoms with E-state index in [4.69, 9.17) is 4.74 Å². The van der Waals surface area contributed by atoms with E-state index in [1.807, 2.05) is 12.1 Å². The number of anilines is 1. The van der Waals surface area contributed by atoms with Gasteiger partial charge in [-0.05, 0) is 36.8 Å². The van der Waals surface area contributed by atoms with Gasteiger partial charge in [0.2, 0.25) is 5.78 Å². The third-order valence-corrected chi connectivity index (χ3v) is 4.36. The predicted molar refractivity (Wildman–Crippen MR) is 111 cm³/mol. The molecule has 5 nitrogen and oxygen atoms in total. The van der Waals surface area contributed by atoms with Crippen molar-refractivity contribution in [2.24, 2.45) is 0 Å². The number of hydrogen-bond donors (Lipinski definition) is 1. The van der Waals surface area contributed by atoms with Crippen LogP contribution in [0, 0.1) is 0 Å². The van der Waals surface area contributed by atoms with E-state index < -0.39 is 12.1 Å². The van der Waals surface area contributed by atoms with Crippen LogP contribution in [0.4, 0.5) is 5.69 Å². The average Bonchev–Trinajstić information content (AvgIpc) is 2.78. The predicted octanol–water partition coefficient (Wildman–Crippen LogP) is 4.76. The van der Waals surface area contributed by atoms with Gasteiger partial charge in [0.15, 0.2) is 6.10 Å². The fraction of sp³-hybridized carbons (Fsp3) is 0.125. The van der Waals surface area contributed by atoms with Crippen molar-refractivity contribution in [3.05, 3.63) is 102 Å². The van der Waals surface area contributed by atoms with Crippen LogP contribution in [0.2, 0.25) is 0 Å². The number of esters is 1. The lowest BCUT2D eigenvalue weighted by molar-refractivity contribution is 0.0277. The molecule has 0 heterocycles. The van der Waals surface area contributed by atoms with Crippen molar-refractivity contribution in [1.29, 1.82) is 0 Å². The SMILES string of the molecule is CC[C@H](OC(=O)c1cccc(NC(=O)c2ccccc2)c1)C(=O)c1ccccc1. The zero-order chi connectivity index (χ0) is 20.6. The van der Waals surface area contributed by atoms with E-state index in [1.54, 1.807) is 73.7 Å². The maximum absolute atomic E-state index is 12.6. The molecular formula is C24H21NO4. The van der Waals surface area contributed by atoms with Gasteiger partial charge in [-0.3, -0.25) is 9.59 Å². The largest absolute Gasteiger partial charge is 0.450 e. The minimum absolute atomic E-state index is 0.241. The fourth-order valence-electron chi connectivity index (χ4n) is 2.82. The lowest BCUT2D eigenvalue weighted by Crippen LogP contribution is -2.27. The maximum atomic E-state index is 12.6. The van der Waals surface area contributed by atoms with Gasteiger partial charge in [-0.25, -0.2) is 4.79 Å². The van der Waals surface area contributed by atoms with Crippen LogP contribution < -0.4 is 5.32 Å². The average molecular weight is 387 g/mol. The molecule has 0 unspecified atom stereocenters. The molecule has 0 fully saturated rings. The Labute approximate surface area is 169 Å². The Hall–Kier alpha value is -3.73. The van der Waals surface area contributed by atoms with Gasteiger partial charge in [0, 0.05) is 16.8 Å². The molecule has 1 amide bonds. The summed E-state index contributed by atoms with van der Waals surface area (Å²) in [7, 11) is 0. The first-order valence-electron chi connectivity index (χ1n) is 9.35. The topological polar surface area (TPSA) is 72.5 Å². The van der Waals surface area contributed by atoms with Crippen molar-refractivity contribution < 1.29 is 19.1 Å². The highest BCUT2D eigenvalue weighted by atomic mass is 16.5.